The first-order chi connectivity index (χ1) is 15.0. The molecule has 0 radical (unpaired) electrons. The Bertz CT molecular complexity index is 1110. The summed E-state index contributed by atoms with van der Waals surface area (Å²) in [6.45, 7) is 6.29. The van der Waals surface area contributed by atoms with Crippen LogP contribution in [0.3, 0.4) is 0 Å². The van der Waals surface area contributed by atoms with Gasteiger partial charge in [-0.05, 0) is 31.8 Å². The number of allylic oxidation sites excluding steroid dienone is 4. The Kier molecular flexibility index (Phi) is 5.79. The molecule has 5 rings (SSSR count). The van der Waals surface area contributed by atoms with Gasteiger partial charge in [-0.1, -0.05) is 32.1 Å². The molecular weight excluding hydrogens is 390 g/mol. The summed E-state index contributed by atoms with van der Waals surface area (Å²) in [5, 5.41) is 11.5. The fourth-order valence-electron chi connectivity index (χ4n) is 3.26. The largest absolute Gasteiger partial charge is 0.313 e. The van der Waals surface area contributed by atoms with Crippen molar-refractivity contribution in [1.29, 1.82) is 0 Å². The average molecular weight is 418 g/mol. The molecule has 2 aromatic heterocycles. The zero-order valence-electron chi connectivity index (χ0n) is 18.1. The van der Waals surface area contributed by atoms with Gasteiger partial charge in [-0.15, -0.1) is 0 Å². The van der Waals surface area contributed by atoms with Crippen molar-refractivity contribution in [2.45, 2.75) is 45.4 Å². The first-order valence-electron chi connectivity index (χ1n) is 10.5. The second-order valence-electron chi connectivity index (χ2n) is 8.22. The topological polar surface area (TPSA) is 89.5 Å². The Labute approximate surface area is 181 Å². The van der Waals surface area contributed by atoms with Gasteiger partial charge in [0.05, 0.1) is 11.9 Å². The molecule has 1 atom stereocenters. The molecule has 1 aliphatic carbocycles. The molecule has 1 unspecified atom stereocenters. The molecule has 1 saturated carbocycles. The zero-order valence-corrected chi connectivity index (χ0v) is 18.1. The van der Waals surface area contributed by atoms with Crippen LogP contribution in [0.4, 0.5) is 11.6 Å². The zero-order chi connectivity index (χ0) is 21.8. The maximum absolute atomic E-state index is 10.8. The van der Waals surface area contributed by atoms with Gasteiger partial charge in [0.1, 0.15) is 5.82 Å². The minimum absolute atomic E-state index is 0.155. The molecule has 0 bridgehead atoms. The van der Waals surface area contributed by atoms with E-state index in [0.717, 1.165) is 36.3 Å². The summed E-state index contributed by atoms with van der Waals surface area (Å²) in [7, 11) is 0. The third-order valence-corrected chi connectivity index (χ3v) is 5.54. The number of fused-ring (bicyclic) bond motifs is 1. The van der Waals surface area contributed by atoms with Crippen molar-refractivity contribution in [3.05, 3.63) is 54.0 Å². The lowest BCUT2D eigenvalue weighted by atomic mass is 10.1. The van der Waals surface area contributed by atoms with E-state index in [1.165, 1.54) is 0 Å². The van der Waals surface area contributed by atoms with E-state index < -0.39 is 0 Å². The van der Waals surface area contributed by atoms with Gasteiger partial charge >= 0.3 is 0 Å². The molecule has 1 amide bonds. The molecule has 31 heavy (non-hydrogen) atoms. The Morgan fingerprint density at radius 1 is 1.29 bits per heavy atom. The van der Waals surface area contributed by atoms with Crippen LogP contribution in [0.15, 0.2) is 52.8 Å². The summed E-state index contributed by atoms with van der Waals surface area (Å²) in [6, 6.07) is 1.94. The van der Waals surface area contributed by atoms with Gasteiger partial charge in [-0.25, -0.2) is 14.7 Å². The van der Waals surface area contributed by atoms with Gasteiger partial charge < -0.3 is 5.32 Å². The number of aliphatic imine (C=N–C) groups is 2. The molecule has 3 aliphatic rings. The molecule has 1 N–H and O–H groups in total. The lowest BCUT2D eigenvalue weighted by Gasteiger charge is -2.05. The number of hydrogen-bond acceptors (Lipinski definition) is 5. The summed E-state index contributed by atoms with van der Waals surface area (Å²) in [6.07, 6.45) is 19.3. The molecule has 0 saturated heterocycles. The molecule has 160 valence electrons. The Morgan fingerprint density at radius 2 is 2.13 bits per heavy atom. The normalized spacial score (nSPS) is 20.1. The van der Waals surface area contributed by atoms with Crippen molar-refractivity contribution >= 4 is 36.3 Å². The first kappa shape index (κ1) is 20.7. The predicted octanol–water partition coefficient (Wildman–Crippen LogP) is 4.24. The fourth-order valence-corrected chi connectivity index (χ4v) is 3.26. The fraction of sp³-hybridized carbons (Fsp3) is 0.348. The van der Waals surface area contributed by atoms with Gasteiger partial charge in [0, 0.05) is 42.1 Å². The van der Waals surface area contributed by atoms with E-state index in [0.29, 0.717) is 24.0 Å². The number of amides is 1. The van der Waals surface area contributed by atoms with Crippen LogP contribution in [0.2, 0.25) is 0 Å². The third kappa shape index (κ3) is 4.63. The first-order valence-corrected chi connectivity index (χ1v) is 10.5. The molecule has 0 aromatic carbocycles. The van der Waals surface area contributed by atoms with Gasteiger partial charge in [-0.2, -0.15) is 14.9 Å². The smallest absolute Gasteiger partial charge is 0.212 e. The second-order valence-corrected chi connectivity index (χ2v) is 8.22. The number of carbonyl (C=O) groups is 1. The van der Waals surface area contributed by atoms with E-state index in [1.54, 1.807) is 15.6 Å². The maximum Gasteiger partial charge on any atom is 0.212 e. The summed E-state index contributed by atoms with van der Waals surface area (Å²) < 4.78 is 3.49. The number of rotatable bonds is 3. The quantitative estimate of drug-likeness (QED) is 0.758. The van der Waals surface area contributed by atoms with Crippen LogP contribution in [-0.2, 0) is 10.2 Å². The predicted molar refractivity (Wildman–Crippen MR) is 124 cm³/mol. The highest BCUT2D eigenvalue weighted by Gasteiger charge is 2.42. The molecule has 2 aliphatic heterocycles. The Morgan fingerprint density at radius 3 is 2.90 bits per heavy atom. The number of hydrogen-bond donors (Lipinski definition) is 1. The van der Waals surface area contributed by atoms with E-state index in [1.807, 2.05) is 49.8 Å². The average Bonchev–Trinajstić information content (AvgIpc) is 3.39. The SMILES string of the molecule is CC1C=CN=C(n2nc(C3(C)CC3)cc2NC=O)C=C1.Cc1cnn2c1N=CCC=C2. The maximum atomic E-state index is 10.8. The van der Waals surface area contributed by atoms with Crippen LogP contribution in [-0.4, -0.2) is 38.0 Å². The Hall–Kier alpha value is -3.55. The minimum Gasteiger partial charge on any atom is -0.313 e. The van der Waals surface area contributed by atoms with Crippen LogP contribution in [0.25, 0.3) is 6.20 Å². The van der Waals surface area contributed by atoms with Crippen LogP contribution >= 0.6 is 0 Å². The minimum atomic E-state index is 0.155. The van der Waals surface area contributed by atoms with Crippen LogP contribution in [0.5, 0.6) is 0 Å². The van der Waals surface area contributed by atoms with Crippen molar-refractivity contribution in [1.82, 2.24) is 19.6 Å². The number of aryl methyl sites for hydroxylation is 1. The number of carbonyl (C=O) groups excluding carboxylic acids is 1. The standard InChI is InChI=1S/C15H18N4O.C8H9N3/c1-11-3-4-13(16-8-5-11)19-14(17-10-20)9-12(18-19)15(2)6-7-15;1-7-6-10-11-5-3-2-4-9-8(7)11/h3-5,8-11H,6-7H2,1-2H3,(H,17,20);3-6H,2H2,1H3. The molecule has 1 fully saturated rings. The van der Waals surface area contributed by atoms with Crippen molar-refractivity contribution in [2.24, 2.45) is 15.9 Å². The van der Waals surface area contributed by atoms with E-state index >= 15 is 0 Å². The summed E-state index contributed by atoms with van der Waals surface area (Å²) in [4.78, 5) is 19.4. The van der Waals surface area contributed by atoms with Gasteiger partial charge in [0.25, 0.3) is 0 Å². The Balaban J connectivity index is 0.000000177. The van der Waals surface area contributed by atoms with Gasteiger partial charge in [0.15, 0.2) is 11.7 Å². The molecule has 8 heteroatoms. The lowest BCUT2D eigenvalue weighted by molar-refractivity contribution is -0.105. The monoisotopic (exact) mass is 417 g/mol. The number of nitrogens with zero attached hydrogens (tertiary/aromatic N) is 6. The van der Waals surface area contributed by atoms with Crippen LogP contribution in [0, 0.1) is 12.8 Å². The number of aromatic nitrogens is 4. The summed E-state index contributed by atoms with van der Waals surface area (Å²) in [5.41, 5.74) is 2.29. The van der Waals surface area contributed by atoms with Gasteiger partial charge in [-0.3, -0.25) is 4.79 Å². The molecule has 4 heterocycles. The molecule has 2 aromatic rings. The van der Waals surface area contributed by atoms with Crippen molar-refractivity contribution in [3.8, 4) is 0 Å². The third-order valence-electron chi connectivity index (χ3n) is 5.54. The van der Waals surface area contributed by atoms with Crippen LogP contribution in [0.1, 0.15) is 44.4 Å². The van der Waals surface area contributed by atoms with Crippen LogP contribution < -0.4 is 5.32 Å². The van der Waals surface area contributed by atoms with E-state index in [2.05, 4.69) is 45.4 Å². The lowest BCUT2D eigenvalue weighted by Crippen LogP contribution is -2.15. The second kappa shape index (κ2) is 8.67. The van der Waals surface area contributed by atoms with Gasteiger partial charge in [0.2, 0.25) is 6.41 Å². The number of anilines is 1. The van der Waals surface area contributed by atoms with Crippen molar-refractivity contribution < 1.29 is 4.79 Å². The highest BCUT2D eigenvalue weighted by Crippen LogP contribution is 2.47. The van der Waals surface area contributed by atoms with Crippen molar-refractivity contribution in [3.63, 3.8) is 0 Å². The summed E-state index contributed by atoms with van der Waals surface area (Å²) in [5.74, 6) is 2.66. The highest BCUT2D eigenvalue weighted by molar-refractivity contribution is 5.97. The molecule has 8 nitrogen and oxygen atoms in total. The molecule has 0 spiro atoms. The number of nitrogens with one attached hydrogen (secondary N) is 1. The highest BCUT2D eigenvalue weighted by atomic mass is 16.1. The van der Waals surface area contributed by atoms with Crippen molar-refractivity contribution in [2.75, 3.05) is 5.32 Å². The molecular formula is C23H27N7O. The van der Waals surface area contributed by atoms with E-state index in [9.17, 15) is 4.79 Å². The summed E-state index contributed by atoms with van der Waals surface area (Å²) >= 11 is 0. The van der Waals surface area contributed by atoms with E-state index in [4.69, 9.17) is 0 Å². The van der Waals surface area contributed by atoms with E-state index in [-0.39, 0.29) is 5.41 Å².